The van der Waals surface area contributed by atoms with Gasteiger partial charge in [0.25, 0.3) is 11.8 Å². The molecule has 3 rings (SSSR count). The zero-order valence-electron chi connectivity index (χ0n) is 16.4. The highest BCUT2D eigenvalue weighted by Gasteiger charge is 2.27. The standard InChI is InChI=1S/C20H28N4O4/c1-2-28-20(27)24-14-12-23(13-15-24)19(26)17-9-7-8-16(21-17)18(25)22-10-5-3-4-6-11-22/h7-9H,2-6,10-15H2,1H3. The Morgan fingerprint density at radius 3 is 1.86 bits per heavy atom. The molecule has 1 aromatic rings. The lowest BCUT2D eigenvalue weighted by Crippen LogP contribution is -2.50. The highest BCUT2D eigenvalue weighted by molar-refractivity contribution is 5.96. The van der Waals surface area contributed by atoms with Crippen molar-refractivity contribution >= 4 is 17.9 Å². The lowest BCUT2D eigenvalue weighted by molar-refractivity contribution is 0.0565. The number of amides is 3. The van der Waals surface area contributed by atoms with Crippen molar-refractivity contribution < 1.29 is 19.1 Å². The summed E-state index contributed by atoms with van der Waals surface area (Å²) in [5, 5.41) is 0. The molecule has 3 amide bonds. The zero-order valence-corrected chi connectivity index (χ0v) is 16.4. The van der Waals surface area contributed by atoms with Crippen LogP contribution >= 0.6 is 0 Å². The fourth-order valence-electron chi connectivity index (χ4n) is 3.58. The first-order chi connectivity index (χ1) is 13.6. The fourth-order valence-corrected chi connectivity index (χ4v) is 3.58. The molecule has 152 valence electrons. The van der Waals surface area contributed by atoms with Crippen LogP contribution < -0.4 is 0 Å². The molecule has 0 aliphatic carbocycles. The van der Waals surface area contributed by atoms with E-state index in [4.69, 9.17) is 4.74 Å². The minimum absolute atomic E-state index is 0.108. The minimum Gasteiger partial charge on any atom is -0.450 e. The van der Waals surface area contributed by atoms with Crippen molar-refractivity contribution in [2.75, 3.05) is 45.9 Å². The van der Waals surface area contributed by atoms with Gasteiger partial charge in [0.05, 0.1) is 6.61 Å². The molecule has 0 N–H and O–H groups in total. The molecule has 0 unspecified atom stereocenters. The molecule has 2 aliphatic rings. The van der Waals surface area contributed by atoms with Gasteiger partial charge in [-0.25, -0.2) is 9.78 Å². The van der Waals surface area contributed by atoms with Gasteiger partial charge in [-0.3, -0.25) is 9.59 Å². The lowest BCUT2D eigenvalue weighted by Gasteiger charge is -2.33. The average Bonchev–Trinajstić information content (AvgIpc) is 3.02. The summed E-state index contributed by atoms with van der Waals surface area (Å²) in [4.78, 5) is 46.8. The van der Waals surface area contributed by atoms with Crippen molar-refractivity contribution in [3.05, 3.63) is 29.6 Å². The maximum atomic E-state index is 12.8. The Hall–Kier alpha value is -2.64. The molecule has 0 bridgehead atoms. The van der Waals surface area contributed by atoms with Crippen LogP contribution in [0, 0.1) is 0 Å². The van der Waals surface area contributed by atoms with Crippen LogP contribution in [0.4, 0.5) is 4.79 Å². The Balaban J connectivity index is 1.63. The number of nitrogens with zero attached hydrogens (tertiary/aromatic N) is 4. The van der Waals surface area contributed by atoms with Gasteiger partial charge in [-0.15, -0.1) is 0 Å². The number of rotatable bonds is 3. The number of hydrogen-bond donors (Lipinski definition) is 0. The number of piperazine rings is 1. The molecule has 8 nitrogen and oxygen atoms in total. The van der Waals surface area contributed by atoms with Crippen LogP contribution in [0.3, 0.4) is 0 Å². The third kappa shape index (κ3) is 4.79. The lowest BCUT2D eigenvalue weighted by atomic mass is 10.2. The quantitative estimate of drug-likeness (QED) is 0.791. The number of likely N-dealkylation sites (tertiary alicyclic amines) is 1. The second-order valence-corrected chi connectivity index (χ2v) is 7.09. The molecule has 2 aliphatic heterocycles. The molecule has 3 heterocycles. The molecular formula is C20H28N4O4. The van der Waals surface area contributed by atoms with E-state index in [1.54, 1.807) is 34.9 Å². The van der Waals surface area contributed by atoms with E-state index in [1.807, 2.05) is 4.90 Å². The number of hydrogen-bond acceptors (Lipinski definition) is 5. The molecule has 2 fully saturated rings. The van der Waals surface area contributed by atoms with Crippen molar-refractivity contribution in [1.29, 1.82) is 0 Å². The van der Waals surface area contributed by atoms with Gasteiger partial charge in [0.2, 0.25) is 0 Å². The summed E-state index contributed by atoms with van der Waals surface area (Å²) >= 11 is 0. The number of carbonyl (C=O) groups is 3. The maximum absolute atomic E-state index is 12.8. The van der Waals surface area contributed by atoms with E-state index in [0.29, 0.717) is 38.5 Å². The van der Waals surface area contributed by atoms with Crippen LogP contribution in [-0.2, 0) is 4.74 Å². The van der Waals surface area contributed by atoms with Crippen LogP contribution in [-0.4, -0.2) is 83.5 Å². The molecule has 1 aromatic heterocycles. The zero-order chi connectivity index (χ0) is 19.9. The van der Waals surface area contributed by atoms with Crippen LogP contribution in [0.1, 0.15) is 53.6 Å². The number of ether oxygens (including phenoxy) is 1. The molecular weight excluding hydrogens is 360 g/mol. The van der Waals surface area contributed by atoms with E-state index >= 15 is 0 Å². The second-order valence-electron chi connectivity index (χ2n) is 7.09. The first-order valence-corrected chi connectivity index (χ1v) is 10.1. The van der Waals surface area contributed by atoms with Gasteiger partial charge in [0.1, 0.15) is 11.4 Å². The van der Waals surface area contributed by atoms with Crippen molar-refractivity contribution in [2.24, 2.45) is 0 Å². The molecule has 28 heavy (non-hydrogen) atoms. The Morgan fingerprint density at radius 2 is 1.32 bits per heavy atom. The van der Waals surface area contributed by atoms with Crippen LogP contribution in [0.25, 0.3) is 0 Å². The Bertz CT molecular complexity index is 708. The van der Waals surface area contributed by atoms with Crippen molar-refractivity contribution in [2.45, 2.75) is 32.6 Å². The van der Waals surface area contributed by atoms with Crippen molar-refractivity contribution in [1.82, 2.24) is 19.7 Å². The van der Waals surface area contributed by atoms with E-state index < -0.39 is 0 Å². The summed E-state index contributed by atoms with van der Waals surface area (Å²) in [6.45, 7) is 5.28. The first kappa shape index (κ1) is 20.1. The monoisotopic (exact) mass is 388 g/mol. The fraction of sp³-hybridized carbons (Fsp3) is 0.600. The van der Waals surface area contributed by atoms with Crippen molar-refractivity contribution in [3.8, 4) is 0 Å². The Kier molecular flexibility index (Phi) is 6.84. The third-order valence-electron chi connectivity index (χ3n) is 5.17. The Labute approximate surface area is 165 Å². The number of aromatic nitrogens is 1. The summed E-state index contributed by atoms with van der Waals surface area (Å²) in [7, 11) is 0. The van der Waals surface area contributed by atoms with Gasteiger partial charge in [0.15, 0.2) is 0 Å². The van der Waals surface area contributed by atoms with Crippen molar-refractivity contribution in [3.63, 3.8) is 0 Å². The Morgan fingerprint density at radius 1 is 0.821 bits per heavy atom. The topological polar surface area (TPSA) is 83.0 Å². The highest BCUT2D eigenvalue weighted by atomic mass is 16.6. The van der Waals surface area contributed by atoms with Gasteiger partial charge in [-0.05, 0) is 31.9 Å². The molecule has 8 heteroatoms. The van der Waals surface area contributed by atoms with E-state index in [9.17, 15) is 14.4 Å². The summed E-state index contributed by atoms with van der Waals surface area (Å²) in [5.41, 5.74) is 0.586. The summed E-state index contributed by atoms with van der Waals surface area (Å²) < 4.78 is 5.00. The predicted octanol–water partition coefficient (Wildman–Crippen LogP) is 2.01. The van der Waals surface area contributed by atoms with Crippen LogP contribution in [0.15, 0.2) is 18.2 Å². The molecule has 0 spiro atoms. The molecule has 0 radical (unpaired) electrons. The molecule has 0 atom stereocenters. The van der Waals surface area contributed by atoms with Gasteiger partial charge in [-0.1, -0.05) is 18.9 Å². The molecule has 2 saturated heterocycles. The van der Waals surface area contributed by atoms with E-state index in [0.717, 1.165) is 38.8 Å². The number of pyridine rings is 1. The average molecular weight is 388 g/mol. The largest absolute Gasteiger partial charge is 0.450 e. The van der Waals surface area contributed by atoms with Gasteiger partial charge >= 0.3 is 6.09 Å². The van der Waals surface area contributed by atoms with Crippen LogP contribution in [0.2, 0.25) is 0 Å². The van der Waals surface area contributed by atoms with Gasteiger partial charge in [-0.2, -0.15) is 0 Å². The minimum atomic E-state index is -0.349. The van der Waals surface area contributed by atoms with Gasteiger partial charge in [0, 0.05) is 39.3 Å². The van der Waals surface area contributed by atoms with E-state index in [2.05, 4.69) is 4.98 Å². The molecule has 0 saturated carbocycles. The maximum Gasteiger partial charge on any atom is 0.409 e. The first-order valence-electron chi connectivity index (χ1n) is 10.1. The summed E-state index contributed by atoms with van der Waals surface area (Å²) in [5.74, 6) is -0.322. The highest BCUT2D eigenvalue weighted by Crippen LogP contribution is 2.14. The molecule has 0 aromatic carbocycles. The SMILES string of the molecule is CCOC(=O)N1CCN(C(=O)c2cccc(C(=O)N3CCCCCC3)n2)CC1. The van der Waals surface area contributed by atoms with E-state index in [1.165, 1.54) is 0 Å². The summed E-state index contributed by atoms with van der Waals surface area (Å²) in [6.07, 6.45) is 3.96. The van der Waals surface area contributed by atoms with E-state index in [-0.39, 0.29) is 23.6 Å². The smallest absolute Gasteiger partial charge is 0.409 e. The van der Waals surface area contributed by atoms with Crippen LogP contribution in [0.5, 0.6) is 0 Å². The summed E-state index contributed by atoms with van der Waals surface area (Å²) in [6, 6.07) is 5.02. The second kappa shape index (κ2) is 9.52. The third-order valence-corrected chi connectivity index (χ3v) is 5.17. The normalized spacial score (nSPS) is 17.8. The predicted molar refractivity (Wildman–Crippen MR) is 103 cm³/mol. The van der Waals surface area contributed by atoms with Gasteiger partial charge < -0.3 is 19.4 Å². The number of carbonyl (C=O) groups excluding carboxylic acids is 3.